The maximum absolute atomic E-state index is 12.1. The molecule has 1 rings (SSSR count). The predicted octanol–water partition coefficient (Wildman–Crippen LogP) is 2.28. The first-order valence-corrected chi connectivity index (χ1v) is 5.62. The Balaban J connectivity index is 2.35. The third-order valence-corrected chi connectivity index (χ3v) is 2.82. The summed E-state index contributed by atoms with van der Waals surface area (Å²) < 4.78 is 38.1. The van der Waals surface area contributed by atoms with Gasteiger partial charge in [-0.05, 0) is 19.9 Å². The van der Waals surface area contributed by atoms with E-state index in [1.54, 1.807) is 13.2 Å². The Hall–Kier alpha value is -1.04. The Bertz CT molecular complexity index is 333. The second kappa shape index (κ2) is 6.05. The zero-order valence-electron chi connectivity index (χ0n) is 10.1. The molecule has 0 aliphatic rings. The van der Waals surface area contributed by atoms with E-state index in [2.05, 4.69) is 10.3 Å². The predicted molar refractivity (Wildman–Crippen MR) is 59.7 cm³/mol. The molecule has 0 aliphatic carbocycles. The Morgan fingerprint density at radius 1 is 1.41 bits per heavy atom. The van der Waals surface area contributed by atoms with Gasteiger partial charge in [-0.25, -0.2) is 4.98 Å². The molecule has 1 unspecified atom stereocenters. The second-order valence-corrected chi connectivity index (χ2v) is 4.13. The van der Waals surface area contributed by atoms with Crippen molar-refractivity contribution in [3.63, 3.8) is 0 Å². The lowest BCUT2D eigenvalue weighted by atomic mass is 10.1. The summed E-state index contributed by atoms with van der Waals surface area (Å²) in [6.07, 6.45) is 0.185. The van der Waals surface area contributed by atoms with E-state index in [1.807, 2.05) is 17.8 Å². The van der Waals surface area contributed by atoms with Crippen LogP contribution in [0.2, 0.25) is 0 Å². The summed E-state index contributed by atoms with van der Waals surface area (Å²) in [7, 11) is 3.58. The minimum Gasteiger partial charge on any atom is -0.338 e. The van der Waals surface area contributed by atoms with Crippen LogP contribution in [-0.4, -0.2) is 28.8 Å². The van der Waals surface area contributed by atoms with Crippen LogP contribution in [0.4, 0.5) is 13.2 Å². The molecule has 0 radical (unpaired) electrons. The summed E-state index contributed by atoms with van der Waals surface area (Å²) in [6, 6.07) is -0.117. The quantitative estimate of drug-likeness (QED) is 0.838. The van der Waals surface area contributed by atoms with E-state index < -0.39 is 12.6 Å². The van der Waals surface area contributed by atoms with Gasteiger partial charge in [0.15, 0.2) is 0 Å². The van der Waals surface area contributed by atoms with Crippen LogP contribution in [0.3, 0.4) is 0 Å². The minimum absolute atomic E-state index is 0.115. The van der Waals surface area contributed by atoms with Gasteiger partial charge in [-0.3, -0.25) is 0 Å². The fourth-order valence-electron chi connectivity index (χ4n) is 1.71. The highest BCUT2D eigenvalue weighted by Crippen LogP contribution is 2.23. The van der Waals surface area contributed by atoms with Crippen molar-refractivity contribution in [2.75, 3.05) is 7.05 Å². The van der Waals surface area contributed by atoms with Crippen molar-refractivity contribution < 1.29 is 13.2 Å². The highest BCUT2D eigenvalue weighted by molar-refractivity contribution is 4.92. The molecule has 0 saturated carbocycles. The zero-order chi connectivity index (χ0) is 12.9. The molecular formula is C11H18F3N3. The molecule has 0 spiro atoms. The SMILES string of the molecule is CNC(CCc1nccn1C)CCC(F)(F)F. The van der Waals surface area contributed by atoms with Gasteiger partial charge >= 0.3 is 6.18 Å². The maximum atomic E-state index is 12.1. The largest absolute Gasteiger partial charge is 0.389 e. The average molecular weight is 249 g/mol. The number of hydrogen-bond donors (Lipinski definition) is 1. The van der Waals surface area contributed by atoms with E-state index in [9.17, 15) is 13.2 Å². The Labute approximate surface area is 99.0 Å². The highest BCUT2D eigenvalue weighted by atomic mass is 19.4. The van der Waals surface area contributed by atoms with E-state index in [1.165, 1.54) is 0 Å². The van der Waals surface area contributed by atoms with Crippen molar-refractivity contribution in [1.29, 1.82) is 0 Å². The average Bonchev–Trinajstić information content (AvgIpc) is 2.63. The van der Waals surface area contributed by atoms with Crippen LogP contribution in [0.5, 0.6) is 0 Å². The van der Waals surface area contributed by atoms with E-state index >= 15 is 0 Å². The summed E-state index contributed by atoms with van der Waals surface area (Å²) in [4.78, 5) is 4.14. The normalized spacial score (nSPS) is 13.9. The molecule has 1 aromatic heterocycles. The number of aromatic nitrogens is 2. The summed E-state index contributed by atoms with van der Waals surface area (Å²) in [5.74, 6) is 0.900. The molecule has 0 fully saturated rings. The zero-order valence-corrected chi connectivity index (χ0v) is 10.1. The molecule has 3 nitrogen and oxygen atoms in total. The highest BCUT2D eigenvalue weighted by Gasteiger charge is 2.27. The number of rotatable bonds is 6. The number of halogens is 3. The lowest BCUT2D eigenvalue weighted by molar-refractivity contribution is -0.136. The van der Waals surface area contributed by atoms with Crippen molar-refractivity contribution in [3.8, 4) is 0 Å². The number of nitrogens with one attached hydrogen (secondary N) is 1. The Morgan fingerprint density at radius 3 is 2.59 bits per heavy atom. The first-order chi connectivity index (χ1) is 7.92. The van der Waals surface area contributed by atoms with E-state index in [-0.39, 0.29) is 12.5 Å². The third kappa shape index (κ3) is 5.21. The molecule has 0 bridgehead atoms. The Morgan fingerprint density at radius 2 is 2.12 bits per heavy atom. The number of alkyl halides is 3. The van der Waals surface area contributed by atoms with Crippen LogP contribution in [0.25, 0.3) is 0 Å². The fraction of sp³-hybridized carbons (Fsp3) is 0.727. The molecule has 6 heteroatoms. The molecule has 0 aromatic carbocycles. The standard InChI is InChI=1S/C11H18F3N3/c1-15-9(5-6-11(12,13)14)3-4-10-16-7-8-17(10)2/h7-9,15H,3-6H2,1-2H3. The van der Waals surface area contributed by atoms with Gasteiger partial charge in [-0.15, -0.1) is 0 Å². The van der Waals surface area contributed by atoms with Crippen LogP contribution in [-0.2, 0) is 13.5 Å². The van der Waals surface area contributed by atoms with Gasteiger partial charge in [0.25, 0.3) is 0 Å². The molecule has 98 valence electrons. The Kier molecular flexibility index (Phi) is 4.99. The molecule has 1 atom stereocenters. The summed E-state index contributed by atoms with van der Waals surface area (Å²) in [5.41, 5.74) is 0. The second-order valence-electron chi connectivity index (χ2n) is 4.13. The first kappa shape index (κ1) is 14.0. The van der Waals surface area contributed by atoms with Crippen molar-refractivity contribution in [2.45, 2.75) is 37.9 Å². The molecule has 0 amide bonds. The first-order valence-electron chi connectivity index (χ1n) is 5.62. The molecule has 1 N–H and O–H groups in total. The van der Waals surface area contributed by atoms with Gasteiger partial charge in [0.1, 0.15) is 5.82 Å². The van der Waals surface area contributed by atoms with Gasteiger partial charge in [-0.2, -0.15) is 13.2 Å². The van der Waals surface area contributed by atoms with Crippen molar-refractivity contribution in [1.82, 2.24) is 14.9 Å². The molecule has 0 aliphatic heterocycles. The van der Waals surface area contributed by atoms with Crippen LogP contribution in [0.1, 0.15) is 25.1 Å². The molecular weight excluding hydrogens is 231 g/mol. The fourth-order valence-corrected chi connectivity index (χ4v) is 1.71. The van der Waals surface area contributed by atoms with Gasteiger partial charge < -0.3 is 9.88 Å². The van der Waals surface area contributed by atoms with Gasteiger partial charge in [0.05, 0.1) is 0 Å². The molecule has 17 heavy (non-hydrogen) atoms. The van der Waals surface area contributed by atoms with E-state index in [0.717, 1.165) is 5.82 Å². The van der Waals surface area contributed by atoms with Crippen LogP contribution < -0.4 is 5.32 Å². The number of nitrogens with zero attached hydrogens (tertiary/aromatic N) is 2. The van der Waals surface area contributed by atoms with E-state index in [0.29, 0.717) is 12.8 Å². The third-order valence-electron chi connectivity index (χ3n) is 2.82. The van der Waals surface area contributed by atoms with Crippen molar-refractivity contribution in [3.05, 3.63) is 18.2 Å². The monoisotopic (exact) mass is 249 g/mol. The lowest BCUT2D eigenvalue weighted by Crippen LogP contribution is -2.28. The summed E-state index contributed by atoms with van der Waals surface area (Å²) in [6.45, 7) is 0. The molecule has 1 aromatic rings. The number of aryl methyl sites for hydroxylation is 2. The number of hydrogen-bond acceptors (Lipinski definition) is 2. The lowest BCUT2D eigenvalue weighted by Gasteiger charge is -2.16. The van der Waals surface area contributed by atoms with Crippen LogP contribution >= 0.6 is 0 Å². The van der Waals surface area contributed by atoms with Crippen molar-refractivity contribution >= 4 is 0 Å². The smallest absolute Gasteiger partial charge is 0.338 e. The van der Waals surface area contributed by atoms with Gasteiger partial charge in [0, 0.05) is 38.3 Å². The van der Waals surface area contributed by atoms with Gasteiger partial charge in [-0.1, -0.05) is 0 Å². The molecule has 0 saturated heterocycles. The molecule has 1 heterocycles. The number of imidazole rings is 1. The van der Waals surface area contributed by atoms with Crippen LogP contribution in [0, 0.1) is 0 Å². The van der Waals surface area contributed by atoms with E-state index in [4.69, 9.17) is 0 Å². The summed E-state index contributed by atoms with van der Waals surface area (Å²) >= 11 is 0. The van der Waals surface area contributed by atoms with Gasteiger partial charge in [0.2, 0.25) is 0 Å². The van der Waals surface area contributed by atoms with Crippen LogP contribution in [0.15, 0.2) is 12.4 Å². The van der Waals surface area contributed by atoms with Crippen molar-refractivity contribution in [2.24, 2.45) is 7.05 Å². The summed E-state index contributed by atoms with van der Waals surface area (Å²) in [5, 5.41) is 2.92. The maximum Gasteiger partial charge on any atom is 0.389 e. The minimum atomic E-state index is -4.07. The topological polar surface area (TPSA) is 29.9 Å².